The fourth-order valence-electron chi connectivity index (χ4n) is 3.43. The highest BCUT2D eigenvalue weighted by Crippen LogP contribution is 2.30. The number of nitrogens with zero attached hydrogens (tertiary/aromatic N) is 1. The largest absolute Gasteiger partial charge is 0.468 e. The molecule has 1 atom stereocenters. The lowest BCUT2D eigenvalue weighted by Crippen LogP contribution is -2.47. The lowest BCUT2D eigenvalue weighted by molar-refractivity contribution is -0.145. The minimum Gasteiger partial charge on any atom is -0.468 e. The number of hydrogen-bond acceptors (Lipinski definition) is 13. The zero-order valence-electron chi connectivity index (χ0n) is 24.5. The van der Waals surface area contributed by atoms with Gasteiger partial charge in [-0.25, -0.2) is 0 Å². The van der Waals surface area contributed by atoms with Crippen LogP contribution >= 0.6 is 0 Å². The predicted octanol–water partition coefficient (Wildman–Crippen LogP) is 1.97. The molecule has 0 saturated heterocycles. The Morgan fingerprint density at radius 2 is 1.02 bits per heavy atom. The molecule has 2 rings (SSSR count). The van der Waals surface area contributed by atoms with Crippen LogP contribution in [0.15, 0.2) is 48.6 Å². The second-order valence-electron chi connectivity index (χ2n) is 8.87. The molecule has 2 amide bonds. The van der Waals surface area contributed by atoms with E-state index in [0.717, 1.165) is 33.1 Å². The summed E-state index contributed by atoms with van der Waals surface area (Å²) in [5.41, 5.74) is 6.48. The summed E-state index contributed by atoms with van der Waals surface area (Å²) in [5, 5.41) is 0. The van der Waals surface area contributed by atoms with Crippen LogP contribution in [0.3, 0.4) is 0 Å². The normalized spacial score (nSPS) is 11.4. The predicted molar refractivity (Wildman–Crippen MR) is 153 cm³/mol. The molecule has 0 fully saturated rings. The van der Waals surface area contributed by atoms with Gasteiger partial charge < -0.3 is 29.4 Å². The highest BCUT2D eigenvalue weighted by atomic mass is 16.6. The van der Waals surface area contributed by atoms with Gasteiger partial charge in [0.2, 0.25) is 0 Å². The lowest BCUT2D eigenvalue weighted by atomic mass is 10.1. The first-order chi connectivity index (χ1) is 20.7. The van der Waals surface area contributed by atoms with Crippen LogP contribution in [-0.4, -0.2) is 66.3 Å². The van der Waals surface area contributed by atoms with Crippen molar-refractivity contribution in [3.05, 3.63) is 59.7 Å². The molecule has 1 unspecified atom stereocenters. The maximum absolute atomic E-state index is 13.1. The number of nitrogens with two attached hydrogens (primary N) is 1. The molecule has 2 aromatic rings. The van der Waals surface area contributed by atoms with Gasteiger partial charge in [0.1, 0.15) is 6.04 Å². The van der Waals surface area contributed by atoms with E-state index in [1.165, 1.54) is 62.4 Å². The number of carbonyl (C=O) groups is 7. The third-order valence-electron chi connectivity index (χ3n) is 5.20. The molecule has 232 valence electrons. The SMILES string of the molecule is COC(=O)C(N)CN(C(=O)C=Cc1ccc(OC(C)=O)c(OC(C)=O)c1)C(=O)C=Cc1ccc(OC(C)=O)c(OC(C)=O)c1. The molecule has 14 heteroatoms. The molecule has 0 bridgehead atoms. The number of methoxy groups -OCH3 is 1. The Bertz CT molecular complexity index is 1420. The summed E-state index contributed by atoms with van der Waals surface area (Å²) in [7, 11) is 1.09. The number of amides is 2. The van der Waals surface area contributed by atoms with Gasteiger partial charge in [-0.3, -0.25) is 38.5 Å². The van der Waals surface area contributed by atoms with Crippen LogP contribution in [0, 0.1) is 0 Å². The average Bonchev–Trinajstić information content (AvgIpc) is 2.94. The second-order valence-corrected chi connectivity index (χ2v) is 8.87. The summed E-state index contributed by atoms with van der Waals surface area (Å²) in [6, 6.07) is 6.90. The molecule has 44 heavy (non-hydrogen) atoms. The molecular weight excluding hydrogens is 580 g/mol. The van der Waals surface area contributed by atoms with E-state index in [-0.39, 0.29) is 23.0 Å². The molecule has 0 radical (unpaired) electrons. The van der Waals surface area contributed by atoms with E-state index < -0.39 is 54.2 Å². The van der Waals surface area contributed by atoms with Crippen LogP contribution in [0.25, 0.3) is 12.2 Å². The number of hydrogen-bond donors (Lipinski definition) is 1. The molecule has 0 aromatic heterocycles. The van der Waals surface area contributed by atoms with Crippen LogP contribution < -0.4 is 24.7 Å². The molecule has 0 aliphatic rings. The van der Waals surface area contributed by atoms with Gasteiger partial charge in [-0.1, -0.05) is 12.1 Å². The zero-order valence-corrected chi connectivity index (χ0v) is 24.5. The van der Waals surface area contributed by atoms with E-state index in [4.69, 9.17) is 24.7 Å². The fraction of sp³-hybridized carbons (Fsp3) is 0.233. The number of imide groups is 1. The first kappa shape index (κ1) is 34.6. The van der Waals surface area contributed by atoms with E-state index in [9.17, 15) is 33.6 Å². The van der Waals surface area contributed by atoms with E-state index in [1.54, 1.807) is 0 Å². The molecule has 0 saturated carbocycles. The fourth-order valence-corrected chi connectivity index (χ4v) is 3.43. The Balaban J connectivity index is 2.38. The third-order valence-corrected chi connectivity index (χ3v) is 5.20. The second kappa shape index (κ2) is 16.1. The Labute approximate surface area is 251 Å². The number of rotatable bonds is 11. The van der Waals surface area contributed by atoms with Crippen molar-refractivity contribution in [3.63, 3.8) is 0 Å². The van der Waals surface area contributed by atoms with Gasteiger partial charge in [-0.05, 0) is 47.5 Å². The third kappa shape index (κ3) is 11.0. The first-order valence-electron chi connectivity index (χ1n) is 12.8. The van der Waals surface area contributed by atoms with Gasteiger partial charge in [0.25, 0.3) is 11.8 Å². The standard InChI is InChI=1S/C30H30N2O12/c1-17(33)41-24-10-6-21(14-26(24)43-19(3)35)8-12-28(37)32(16-23(31)30(39)40-5)29(38)13-9-22-7-11-25(42-18(2)34)27(15-22)44-20(4)36/h6-15,23H,16,31H2,1-5H3. The van der Waals surface area contributed by atoms with Crippen LogP contribution in [0.5, 0.6) is 23.0 Å². The Morgan fingerprint density at radius 3 is 1.36 bits per heavy atom. The summed E-state index contributed by atoms with van der Waals surface area (Å²) in [4.78, 5) is 84.6. The molecule has 2 aromatic carbocycles. The van der Waals surface area contributed by atoms with Gasteiger partial charge in [-0.15, -0.1) is 0 Å². The number of ether oxygens (including phenoxy) is 5. The summed E-state index contributed by atoms with van der Waals surface area (Å²) < 4.78 is 24.8. The Morgan fingerprint density at radius 1 is 0.659 bits per heavy atom. The Hall–Kier alpha value is -5.63. The molecular formula is C30H30N2O12. The van der Waals surface area contributed by atoms with E-state index in [1.807, 2.05) is 0 Å². The van der Waals surface area contributed by atoms with Crippen LogP contribution in [0.1, 0.15) is 38.8 Å². The smallest absolute Gasteiger partial charge is 0.324 e. The molecule has 0 heterocycles. The number of carbonyl (C=O) groups excluding carboxylic acids is 7. The maximum atomic E-state index is 13.1. The van der Waals surface area contributed by atoms with Gasteiger partial charge in [0, 0.05) is 39.8 Å². The van der Waals surface area contributed by atoms with Gasteiger partial charge in [0.05, 0.1) is 13.7 Å². The molecule has 0 spiro atoms. The Kier molecular flexibility index (Phi) is 12.7. The first-order valence-corrected chi connectivity index (χ1v) is 12.8. The number of esters is 5. The molecule has 0 aliphatic carbocycles. The van der Waals surface area contributed by atoms with Crippen molar-refractivity contribution < 1.29 is 57.2 Å². The lowest BCUT2D eigenvalue weighted by Gasteiger charge is -2.20. The van der Waals surface area contributed by atoms with Crippen LogP contribution in [0.4, 0.5) is 0 Å². The van der Waals surface area contributed by atoms with Crippen LogP contribution in [0.2, 0.25) is 0 Å². The summed E-state index contributed by atoms with van der Waals surface area (Å²) >= 11 is 0. The van der Waals surface area contributed by atoms with Crippen molar-refractivity contribution in [2.75, 3.05) is 13.7 Å². The number of benzene rings is 2. The van der Waals surface area contributed by atoms with E-state index in [2.05, 4.69) is 4.74 Å². The van der Waals surface area contributed by atoms with Crippen molar-refractivity contribution in [3.8, 4) is 23.0 Å². The van der Waals surface area contributed by atoms with E-state index in [0.29, 0.717) is 16.0 Å². The van der Waals surface area contributed by atoms with Gasteiger partial charge in [0.15, 0.2) is 23.0 Å². The summed E-state index contributed by atoms with van der Waals surface area (Å²) in [6.45, 7) is 4.08. The quantitative estimate of drug-likeness (QED) is 0.221. The maximum Gasteiger partial charge on any atom is 0.324 e. The monoisotopic (exact) mass is 610 g/mol. The zero-order chi connectivity index (χ0) is 33.0. The van der Waals surface area contributed by atoms with Crippen LogP contribution in [-0.2, 0) is 38.3 Å². The molecule has 2 N–H and O–H groups in total. The van der Waals surface area contributed by atoms with Gasteiger partial charge in [-0.2, -0.15) is 0 Å². The average molecular weight is 611 g/mol. The van der Waals surface area contributed by atoms with E-state index >= 15 is 0 Å². The summed E-state index contributed by atoms with van der Waals surface area (Å²) in [6.07, 6.45) is 4.61. The minimum atomic E-state index is -1.37. The summed E-state index contributed by atoms with van der Waals surface area (Å²) in [5.74, 6) is -5.51. The van der Waals surface area contributed by atoms with Crippen molar-refractivity contribution in [2.24, 2.45) is 5.73 Å². The highest BCUT2D eigenvalue weighted by molar-refractivity contribution is 6.08. The molecule has 14 nitrogen and oxygen atoms in total. The highest BCUT2D eigenvalue weighted by Gasteiger charge is 2.25. The molecule has 0 aliphatic heterocycles. The van der Waals surface area contributed by atoms with Crippen molar-refractivity contribution in [2.45, 2.75) is 33.7 Å². The minimum absolute atomic E-state index is 0.0279. The topological polar surface area (TPSA) is 195 Å². The van der Waals surface area contributed by atoms with Gasteiger partial charge >= 0.3 is 29.8 Å². The van der Waals surface area contributed by atoms with Crippen molar-refractivity contribution >= 4 is 53.8 Å². The van der Waals surface area contributed by atoms with Crippen molar-refractivity contribution in [1.82, 2.24) is 4.90 Å². The van der Waals surface area contributed by atoms with Crippen molar-refractivity contribution in [1.29, 1.82) is 0 Å².